The molecular formula is C21H24ClN5O4. The maximum absolute atomic E-state index is 12.9. The second-order valence-electron chi connectivity index (χ2n) is 7.43. The molecule has 1 unspecified atom stereocenters. The van der Waals surface area contributed by atoms with Crippen LogP contribution in [0.4, 0.5) is 0 Å². The molecule has 0 aliphatic carbocycles. The second-order valence-corrected chi connectivity index (χ2v) is 7.43. The molecule has 31 heavy (non-hydrogen) atoms. The van der Waals surface area contributed by atoms with E-state index >= 15 is 0 Å². The van der Waals surface area contributed by atoms with E-state index in [1.165, 1.54) is 4.90 Å². The van der Waals surface area contributed by atoms with Crippen LogP contribution < -0.4 is 10.9 Å². The Balaban J connectivity index is 0.00000272. The van der Waals surface area contributed by atoms with E-state index in [2.05, 4.69) is 20.4 Å². The molecule has 3 aromatic rings. The van der Waals surface area contributed by atoms with Gasteiger partial charge in [0.15, 0.2) is 0 Å². The van der Waals surface area contributed by atoms with Crippen LogP contribution in [0.2, 0.25) is 0 Å². The van der Waals surface area contributed by atoms with Gasteiger partial charge in [-0.15, -0.1) is 12.4 Å². The molecule has 9 nitrogen and oxygen atoms in total. The van der Waals surface area contributed by atoms with Crippen LogP contribution in [0.1, 0.15) is 46.3 Å². The van der Waals surface area contributed by atoms with Crippen LogP contribution in [0.15, 0.2) is 44.2 Å². The van der Waals surface area contributed by atoms with Gasteiger partial charge in [-0.25, -0.2) is 4.79 Å². The fraction of sp³-hybridized carbons (Fsp3) is 0.381. The third kappa shape index (κ3) is 5.00. The minimum atomic E-state index is -0.618. The topological polar surface area (TPSA) is 114 Å². The average Bonchev–Trinajstić information content (AvgIpc) is 3.23. The van der Waals surface area contributed by atoms with Gasteiger partial charge < -0.3 is 19.2 Å². The highest BCUT2D eigenvalue weighted by Crippen LogP contribution is 2.24. The summed E-state index contributed by atoms with van der Waals surface area (Å²) < 4.78 is 10.7. The van der Waals surface area contributed by atoms with Gasteiger partial charge >= 0.3 is 5.63 Å². The summed E-state index contributed by atoms with van der Waals surface area (Å²) in [6, 6.07) is 7.18. The van der Waals surface area contributed by atoms with Gasteiger partial charge in [-0.05, 0) is 50.1 Å². The number of aromatic nitrogens is 3. The van der Waals surface area contributed by atoms with Crippen molar-refractivity contribution in [2.75, 3.05) is 20.1 Å². The van der Waals surface area contributed by atoms with Gasteiger partial charge in [0.1, 0.15) is 23.6 Å². The number of hydrogen-bond acceptors (Lipinski definition) is 8. The molecule has 1 atom stereocenters. The van der Waals surface area contributed by atoms with Crippen molar-refractivity contribution in [3.05, 3.63) is 63.7 Å². The van der Waals surface area contributed by atoms with Crippen LogP contribution in [0, 0.1) is 6.92 Å². The van der Waals surface area contributed by atoms with E-state index in [1.807, 2.05) is 6.07 Å². The third-order valence-corrected chi connectivity index (χ3v) is 5.16. The largest absolute Gasteiger partial charge is 0.427 e. The quantitative estimate of drug-likeness (QED) is 0.637. The smallest absolute Gasteiger partial charge is 0.349 e. The molecule has 10 heteroatoms. The molecule has 0 bridgehead atoms. The van der Waals surface area contributed by atoms with Crippen molar-refractivity contribution in [2.24, 2.45) is 0 Å². The molecule has 0 spiro atoms. The number of aryl methyl sites for hydroxylation is 1. The number of piperidine rings is 1. The molecule has 1 N–H and O–H groups in total. The van der Waals surface area contributed by atoms with Crippen molar-refractivity contribution in [2.45, 2.75) is 32.2 Å². The van der Waals surface area contributed by atoms with Crippen LogP contribution in [0.25, 0.3) is 11.5 Å². The summed E-state index contributed by atoms with van der Waals surface area (Å²) in [7, 11) is 1.57. The summed E-state index contributed by atoms with van der Waals surface area (Å²) in [5.74, 6) is 0.912. The standard InChI is InChI=1S/C21H23N5O4.ClH/c1-13-10-16(14-6-5-8-22-11-14)29-21(28)18(13)20(27)26(2)12-17-24-19(25-30-17)15-7-3-4-9-23-15;/h3-4,7,9-10,14,22H,5-6,8,11-12H2,1-2H3;1H. The molecule has 3 aromatic heterocycles. The first-order chi connectivity index (χ1) is 14.5. The SMILES string of the molecule is Cc1cc(C2CCCNC2)oc(=O)c1C(=O)N(C)Cc1nc(-c2ccccn2)no1.Cl. The van der Waals surface area contributed by atoms with E-state index in [9.17, 15) is 9.59 Å². The monoisotopic (exact) mass is 445 g/mol. The summed E-state index contributed by atoms with van der Waals surface area (Å²) >= 11 is 0. The van der Waals surface area contributed by atoms with Crippen molar-refractivity contribution < 1.29 is 13.7 Å². The number of rotatable bonds is 5. The Kier molecular flexibility index (Phi) is 7.19. The average molecular weight is 446 g/mol. The van der Waals surface area contributed by atoms with Gasteiger partial charge in [-0.1, -0.05) is 11.2 Å². The maximum atomic E-state index is 12.9. The molecular weight excluding hydrogens is 422 g/mol. The molecule has 4 rings (SSSR count). The first kappa shape index (κ1) is 22.6. The molecule has 1 amide bonds. The number of nitrogens with zero attached hydrogens (tertiary/aromatic N) is 4. The van der Waals surface area contributed by atoms with Crippen LogP contribution in [-0.4, -0.2) is 46.1 Å². The lowest BCUT2D eigenvalue weighted by Gasteiger charge is -2.22. The Hall–Kier alpha value is -3.04. The zero-order valence-corrected chi connectivity index (χ0v) is 18.1. The van der Waals surface area contributed by atoms with Gasteiger partial charge in [0.25, 0.3) is 5.91 Å². The number of pyridine rings is 1. The highest BCUT2D eigenvalue weighted by Gasteiger charge is 2.25. The normalized spacial score (nSPS) is 15.9. The predicted octanol–water partition coefficient (Wildman–Crippen LogP) is 2.55. The number of halogens is 1. The van der Waals surface area contributed by atoms with Crippen molar-refractivity contribution >= 4 is 18.3 Å². The molecule has 1 saturated heterocycles. The molecule has 164 valence electrons. The maximum Gasteiger partial charge on any atom is 0.349 e. The summed E-state index contributed by atoms with van der Waals surface area (Å²) in [5, 5.41) is 7.20. The number of amides is 1. The van der Waals surface area contributed by atoms with E-state index in [-0.39, 0.29) is 36.3 Å². The predicted molar refractivity (Wildman–Crippen MR) is 115 cm³/mol. The van der Waals surface area contributed by atoms with E-state index in [4.69, 9.17) is 8.94 Å². The van der Waals surface area contributed by atoms with Crippen LogP contribution in [-0.2, 0) is 6.54 Å². The van der Waals surface area contributed by atoms with E-state index in [0.717, 1.165) is 25.9 Å². The molecule has 0 saturated carbocycles. The summed E-state index contributed by atoms with van der Waals surface area (Å²) in [5.41, 5.74) is 0.579. The zero-order chi connectivity index (χ0) is 21.1. The summed E-state index contributed by atoms with van der Waals surface area (Å²) in [6.45, 7) is 3.56. The fourth-order valence-electron chi connectivity index (χ4n) is 3.57. The Morgan fingerprint density at radius 3 is 2.87 bits per heavy atom. The van der Waals surface area contributed by atoms with Gasteiger partial charge in [-0.2, -0.15) is 4.98 Å². The number of hydrogen-bond donors (Lipinski definition) is 1. The van der Waals surface area contributed by atoms with Crippen LogP contribution >= 0.6 is 12.4 Å². The van der Waals surface area contributed by atoms with Gasteiger partial charge in [0.05, 0.1) is 0 Å². The van der Waals surface area contributed by atoms with E-state index in [1.54, 1.807) is 38.4 Å². The number of carbonyl (C=O) groups is 1. The van der Waals surface area contributed by atoms with Crippen LogP contribution in [0.3, 0.4) is 0 Å². The third-order valence-electron chi connectivity index (χ3n) is 5.16. The summed E-state index contributed by atoms with van der Waals surface area (Å²) in [6.07, 6.45) is 3.62. The minimum Gasteiger partial charge on any atom is -0.427 e. The molecule has 1 aliphatic heterocycles. The fourth-order valence-corrected chi connectivity index (χ4v) is 3.57. The second kappa shape index (κ2) is 9.84. The first-order valence-electron chi connectivity index (χ1n) is 9.87. The Labute approximate surface area is 185 Å². The van der Waals surface area contributed by atoms with Crippen LogP contribution in [0.5, 0.6) is 0 Å². The molecule has 1 fully saturated rings. The lowest BCUT2D eigenvalue weighted by atomic mass is 9.95. The zero-order valence-electron chi connectivity index (χ0n) is 17.3. The molecule has 0 radical (unpaired) electrons. The van der Waals surface area contributed by atoms with Gasteiger partial charge in [0.2, 0.25) is 11.7 Å². The van der Waals surface area contributed by atoms with Crippen molar-refractivity contribution in [3.8, 4) is 11.5 Å². The highest BCUT2D eigenvalue weighted by atomic mass is 35.5. The number of nitrogens with one attached hydrogen (secondary N) is 1. The summed E-state index contributed by atoms with van der Waals surface area (Å²) in [4.78, 5) is 35.3. The van der Waals surface area contributed by atoms with E-state index < -0.39 is 11.5 Å². The lowest BCUT2D eigenvalue weighted by molar-refractivity contribution is 0.0763. The van der Waals surface area contributed by atoms with Crippen molar-refractivity contribution in [1.29, 1.82) is 0 Å². The van der Waals surface area contributed by atoms with Crippen molar-refractivity contribution in [3.63, 3.8) is 0 Å². The van der Waals surface area contributed by atoms with Gasteiger partial charge in [0, 0.05) is 25.7 Å². The highest BCUT2D eigenvalue weighted by molar-refractivity contribution is 5.94. The molecule has 1 aliphatic rings. The minimum absolute atomic E-state index is 0. The number of carbonyl (C=O) groups excluding carboxylic acids is 1. The molecule has 0 aromatic carbocycles. The molecule has 4 heterocycles. The Morgan fingerprint density at radius 2 is 2.19 bits per heavy atom. The van der Waals surface area contributed by atoms with E-state index in [0.29, 0.717) is 22.8 Å². The lowest BCUT2D eigenvalue weighted by Crippen LogP contribution is -2.33. The van der Waals surface area contributed by atoms with Gasteiger partial charge in [-0.3, -0.25) is 9.78 Å². The van der Waals surface area contributed by atoms with Crippen molar-refractivity contribution in [1.82, 2.24) is 25.3 Å². The Bertz CT molecular complexity index is 1090. The first-order valence-corrected chi connectivity index (χ1v) is 9.87. The Morgan fingerprint density at radius 1 is 1.35 bits per heavy atom.